The number of halogens is 2. The zero-order valence-electron chi connectivity index (χ0n) is 11.7. The van der Waals surface area contributed by atoms with Gasteiger partial charge < -0.3 is 5.32 Å². The summed E-state index contributed by atoms with van der Waals surface area (Å²) >= 11 is 11.8. The predicted molar refractivity (Wildman–Crippen MR) is 90.5 cm³/mol. The predicted octanol–water partition coefficient (Wildman–Crippen LogP) is 4.15. The Morgan fingerprint density at radius 3 is 2.50 bits per heavy atom. The Balaban J connectivity index is 1.92. The van der Waals surface area contributed by atoms with Crippen molar-refractivity contribution in [2.24, 2.45) is 0 Å². The van der Waals surface area contributed by atoms with Crippen LogP contribution in [0.1, 0.15) is 12.5 Å². The maximum Gasteiger partial charge on any atom is 0.261 e. The third-order valence-electron chi connectivity index (χ3n) is 3.43. The van der Waals surface area contributed by atoms with E-state index in [2.05, 4.69) is 17.0 Å². The molecule has 22 heavy (non-hydrogen) atoms. The lowest BCUT2D eigenvalue weighted by molar-refractivity contribution is 0.601. The number of fused-ring (bicyclic) bond motifs is 1. The molecule has 3 rings (SSSR count). The van der Waals surface area contributed by atoms with Gasteiger partial charge in [0.15, 0.2) is 0 Å². The molecule has 1 aliphatic heterocycles. The highest BCUT2D eigenvalue weighted by atomic mass is 35.5. The summed E-state index contributed by atoms with van der Waals surface area (Å²) in [7, 11) is -3.68. The molecular weight excluding hydrogens is 343 g/mol. The van der Waals surface area contributed by atoms with Crippen LogP contribution in [0.5, 0.6) is 0 Å². The fraction of sp³-hybridized carbons (Fsp3) is 0.200. The van der Waals surface area contributed by atoms with Crippen molar-refractivity contribution in [1.29, 1.82) is 0 Å². The second kappa shape index (κ2) is 5.65. The van der Waals surface area contributed by atoms with Crippen LogP contribution < -0.4 is 10.0 Å². The molecule has 0 amide bonds. The van der Waals surface area contributed by atoms with Crippen molar-refractivity contribution >= 4 is 44.6 Å². The molecule has 116 valence electrons. The standard InChI is InChI=1S/C15H14Cl2N2O2S/c1-9-4-10-5-14(2-3-15(10)18-9)22(20,21)19-13-7-11(16)6-12(17)8-13/h2-3,5-9,18-19H,4H2,1H3. The normalized spacial score (nSPS) is 17.0. The SMILES string of the molecule is CC1Cc2cc(S(=O)(=O)Nc3cc(Cl)cc(Cl)c3)ccc2N1. The molecule has 2 aromatic carbocycles. The first-order chi connectivity index (χ1) is 10.3. The number of nitrogens with one attached hydrogen (secondary N) is 2. The van der Waals surface area contributed by atoms with E-state index in [-0.39, 0.29) is 4.90 Å². The Morgan fingerprint density at radius 1 is 1.14 bits per heavy atom. The van der Waals surface area contributed by atoms with E-state index in [1.807, 2.05) is 0 Å². The zero-order chi connectivity index (χ0) is 15.9. The topological polar surface area (TPSA) is 58.2 Å². The summed E-state index contributed by atoms with van der Waals surface area (Å²) in [6, 6.07) is 9.96. The Morgan fingerprint density at radius 2 is 1.82 bits per heavy atom. The van der Waals surface area contributed by atoms with Crippen LogP contribution in [-0.4, -0.2) is 14.5 Å². The molecule has 2 N–H and O–H groups in total. The molecule has 0 aliphatic carbocycles. The molecular formula is C15H14Cl2N2O2S. The second-order valence-corrected chi connectivity index (χ2v) is 7.89. The summed E-state index contributed by atoms with van der Waals surface area (Å²) in [6.07, 6.45) is 0.807. The first-order valence-corrected chi connectivity index (χ1v) is 8.96. The first-order valence-electron chi connectivity index (χ1n) is 6.72. The Kier molecular flexibility index (Phi) is 3.97. The molecule has 2 aromatic rings. The van der Waals surface area contributed by atoms with E-state index in [0.717, 1.165) is 17.7 Å². The van der Waals surface area contributed by atoms with Crippen LogP contribution >= 0.6 is 23.2 Å². The van der Waals surface area contributed by atoms with Gasteiger partial charge in [-0.15, -0.1) is 0 Å². The monoisotopic (exact) mass is 356 g/mol. The molecule has 0 fully saturated rings. The van der Waals surface area contributed by atoms with Crippen LogP contribution in [0.3, 0.4) is 0 Å². The van der Waals surface area contributed by atoms with Gasteiger partial charge in [-0.05, 0) is 55.3 Å². The van der Waals surface area contributed by atoms with Gasteiger partial charge in [0.25, 0.3) is 10.0 Å². The van der Waals surface area contributed by atoms with Gasteiger partial charge in [0.1, 0.15) is 0 Å². The van der Waals surface area contributed by atoms with Gasteiger partial charge in [-0.25, -0.2) is 8.42 Å². The highest BCUT2D eigenvalue weighted by Gasteiger charge is 2.21. The molecule has 0 radical (unpaired) electrons. The maximum absolute atomic E-state index is 12.5. The van der Waals surface area contributed by atoms with Gasteiger partial charge in [0.2, 0.25) is 0 Å². The van der Waals surface area contributed by atoms with E-state index < -0.39 is 10.0 Å². The van der Waals surface area contributed by atoms with Crippen LogP contribution in [-0.2, 0) is 16.4 Å². The highest BCUT2D eigenvalue weighted by molar-refractivity contribution is 7.92. The molecule has 0 spiro atoms. The number of anilines is 2. The number of hydrogen-bond acceptors (Lipinski definition) is 3. The minimum atomic E-state index is -3.68. The number of rotatable bonds is 3. The molecule has 4 nitrogen and oxygen atoms in total. The third kappa shape index (κ3) is 3.16. The van der Waals surface area contributed by atoms with Crippen LogP contribution in [0, 0.1) is 0 Å². The number of hydrogen-bond donors (Lipinski definition) is 2. The number of benzene rings is 2. The van der Waals surface area contributed by atoms with Gasteiger partial charge >= 0.3 is 0 Å². The summed E-state index contributed by atoms with van der Waals surface area (Å²) in [5.74, 6) is 0. The van der Waals surface area contributed by atoms with Crippen molar-refractivity contribution in [2.45, 2.75) is 24.3 Å². The average Bonchev–Trinajstić information content (AvgIpc) is 2.75. The van der Waals surface area contributed by atoms with Crippen molar-refractivity contribution in [2.75, 3.05) is 10.0 Å². The summed E-state index contributed by atoms with van der Waals surface area (Å²) in [6.45, 7) is 2.06. The van der Waals surface area contributed by atoms with Gasteiger partial charge in [-0.3, -0.25) is 4.72 Å². The van der Waals surface area contributed by atoms with Gasteiger partial charge in [-0.1, -0.05) is 23.2 Å². The van der Waals surface area contributed by atoms with Crippen molar-refractivity contribution in [3.63, 3.8) is 0 Å². The fourth-order valence-electron chi connectivity index (χ4n) is 2.52. The van der Waals surface area contributed by atoms with E-state index in [0.29, 0.717) is 21.8 Å². The van der Waals surface area contributed by atoms with Crippen molar-refractivity contribution in [3.8, 4) is 0 Å². The van der Waals surface area contributed by atoms with Gasteiger partial charge in [0, 0.05) is 21.8 Å². The van der Waals surface area contributed by atoms with Crippen LogP contribution in [0.25, 0.3) is 0 Å². The van der Waals surface area contributed by atoms with E-state index >= 15 is 0 Å². The largest absolute Gasteiger partial charge is 0.382 e. The highest BCUT2D eigenvalue weighted by Crippen LogP contribution is 2.29. The Hall–Kier alpha value is -1.43. The summed E-state index contributed by atoms with van der Waals surface area (Å²) in [4.78, 5) is 0.221. The maximum atomic E-state index is 12.5. The van der Waals surface area contributed by atoms with Crippen molar-refractivity contribution in [3.05, 3.63) is 52.0 Å². The molecule has 1 aliphatic rings. The number of sulfonamides is 1. The van der Waals surface area contributed by atoms with Gasteiger partial charge in [-0.2, -0.15) is 0 Å². The molecule has 1 heterocycles. The lowest BCUT2D eigenvalue weighted by Gasteiger charge is -2.10. The summed E-state index contributed by atoms with van der Waals surface area (Å²) in [5, 5.41) is 4.04. The molecule has 0 bridgehead atoms. The lowest BCUT2D eigenvalue weighted by Crippen LogP contribution is -2.13. The molecule has 0 saturated heterocycles. The minimum absolute atomic E-state index is 0.221. The average molecular weight is 357 g/mol. The minimum Gasteiger partial charge on any atom is -0.382 e. The van der Waals surface area contributed by atoms with E-state index in [1.165, 1.54) is 12.1 Å². The second-order valence-electron chi connectivity index (χ2n) is 5.33. The molecule has 0 saturated carbocycles. The lowest BCUT2D eigenvalue weighted by atomic mass is 10.1. The van der Waals surface area contributed by atoms with E-state index in [1.54, 1.807) is 24.3 Å². The molecule has 7 heteroatoms. The van der Waals surface area contributed by atoms with Crippen LogP contribution in [0.4, 0.5) is 11.4 Å². The van der Waals surface area contributed by atoms with Crippen LogP contribution in [0.15, 0.2) is 41.3 Å². The van der Waals surface area contributed by atoms with Crippen molar-refractivity contribution < 1.29 is 8.42 Å². The summed E-state index contributed by atoms with van der Waals surface area (Å²) in [5.41, 5.74) is 2.32. The van der Waals surface area contributed by atoms with Crippen LogP contribution in [0.2, 0.25) is 10.0 Å². The first kappa shape index (κ1) is 15.5. The van der Waals surface area contributed by atoms with Gasteiger partial charge in [0.05, 0.1) is 10.6 Å². The Labute approximate surface area is 139 Å². The van der Waals surface area contributed by atoms with Crippen molar-refractivity contribution in [1.82, 2.24) is 0 Å². The third-order valence-corrected chi connectivity index (χ3v) is 5.25. The smallest absolute Gasteiger partial charge is 0.261 e. The van der Waals surface area contributed by atoms with E-state index in [4.69, 9.17) is 23.2 Å². The molecule has 0 aromatic heterocycles. The quantitative estimate of drug-likeness (QED) is 0.868. The fourth-order valence-corrected chi connectivity index (χ4v) is 4.14. The van der Waals surface area contributed by atoms with E-state index in [9.17, 15) is 8.42 Å². The zero-order valence-corrected chi connectivity index (χ0v) is 14.1. The molecule has 1 unspecified atom stereocenters. The summed E-state index contributed by atoms with van der Waals surface area (Å²) < 4.78 is 27.5. The Bertz CT molecular complexity index is 817. The molecule has 1 atom stereocenters.